The van der Waals surface area contributed by atoms with Gasteiger partial charge in [0.2, 0.25) is 0 Å². The Labute approximate surface area is 112 Å². The molecule has 100 valence electrons. The first-order chi connectivity index (χ1) is 8.72. The van der Waals surface area contributed by atoms with Crippen molar-refractivity contribution in [3.63, 3.8) is 0 Å². The first-order valence-electron chi connectivity index (χ1n) is 6.02. The fraction of sp³-hybridized carbons (Fsp3) is 0.538. The maximum absolute atomic E-state index is 10.0. The van der Waals surface area contributed by atoms with E-state index in [-0.39, 0.29) is 6.29 Å². The highest BCUT2D eigenvalue weighted by atomic mass is 32.1. The second kappa shape index (κ2) is 6.54. The van der Waals surface area contributed by atoms with Crippen molar-refractivity contribution >= 4 is 12.6 Å². The Kier molecular flexibility index (Phi) is 5.03. The zero-order chi connectivity index (χ0) is 13.0. The van der Waals surface area contributed by atoms with Crippen LogP contribution in [0.2, 0.25) is 0 Å². The predicted octanol–water partition coefficient (Wildman–Crippen LogP) is 1.45. The van der Waals surface area contributed by atoms with Crippen LogP contribution in [0, 0.1) is 0 Å². The van der Waals surface area contributed by atoms with E-state index in [0.29, 0.717) is 31.0 Å². The van der Waals surface area contributed by atoms with Crippen molar-refractivity contribution in [2.75, 3.05) is 19.0 Å². The summed E-state index contributed by atoms with van der Waals surface area (Å²) in [6.45, 7) is 1.17. The van der Waals surface area contributed by atoms with Crippen LogP contribution in [0.1, 0.15) is 29.9 Å². The van der Waals surface area contributed by atoms with E-state index >= 15 is 0 Å². The minimum atomic E-state index is -0.904. The average molecular weight is 270 g/mol. The van der Waals surface area contributed by atoms with Crippen LogP contribution in [0.5, 0.6) is 0 Å². The molecular formula is C13H18O4S. The van der Waals surface area contributed by atoms with Crippen LogP contribution in [-0.4, -0.2) is 35.3 Å². The van der Waals surface area contributed by atoms with Crippen LogP contribution in [0.3, 0.4) is 0 Å². The monoisotopic (exact) mass is 270 g/mol. The number of ether oxygens (including phenoxy) is 2. The summed E-state index contributed by atoms with van der Waals surface area (Å²) < 4.78 is 10.8. The third-order valence-corrected chi connectivity index (χ3v) is 3.19. The summed E-state index contributed by atoms with van der Waals surface area (Å²) in [5.41, 5.74) is 1.53. The molecule has 2 rings (SSSR count). The SMILES string of the molecule is OC(CCS)C(O)c1cccc(C2OCCO2)c1. The number of benzene rings is 1. The number of aliphatic hydroxyl groups is 2. The Balaban J connectivity index is 2.10. The molecule has 2 N–H and O–H groups in total. The van der Waals surface area contributed by atoms with E-state index in [2.05, 4.69) is 12.6 Å². The Morgan fingerprint density at radius 3 is 2.67 bits per heavy atom. The van der Waals surface area contributed by atoms with Gasteiger partial charge in [-0.1, -0.05) is 18.2 Å². The smallest absolute Gasteiger partial charge is 0.184 e. The molecule has 2 unspecified atom stereocenters. The van der Waals surface area contributed by atoms with Crippen LogP contribution in [0.25, 0.3) is 0 Å². The summed E-state index contributed by atoms with van der Waals surface area (Å²) in [6.07, 6.45) is -1.62. The third kappa shape index (κ3) is 3.24. The topological polar surface area (TPSA) is 58.9 Å². The number of hydrogen-bond donors (Lipinski definition) is 3. The van der Waals surface area contributed by atoms with Gasteiger partial charge < -0.3 is 19.7 Å². The molecule has 0 saturated carbocycles. The Morgan fingerprint density at radius 2 is 2.00 bits per heavy atom. The van der Waals surface area contributed by atoms with Crippen molar-refractivity contribution in [2.24, 2.45) is 0 Å². The number of rotatable bonds is 5. The molecule has 1 aliphatic heterocycles. The third-order valence-electron chi connectivity index (χ3n) is 2.94. The van der Waals surface area contributed by atoms with Crippen molar-refractivity contribution in [3.8, 4) is 0 Å². The highest BCUT2D eigenvalue weighted by Gasteiger charge is 2.22. The first kappa shape index (κ1) is 13.8. The molecule has 1 heterocycles. The molecule has 18 heavy (non-hydrogen) atoms. The van der Waals surface area contributed by atoms with E-state index in [1.54, 1.807) is 6.07 Å². The van der Waals surface area contributed by atoms with Gasteiger partial charge in [0.25, 0.3) is 0 Å². The second-order valence-corrected chi connectivity index (χ2v) is 4.72. The average Bonchev–Trinajstić information content (AvgIpc) is 2.92. The van der Waals surface area contributed by atoms with E-state index in [1.807, 2.05) is 18.2 Å². The normalized spacial score (nSPS) is 19.9. The molecule has 5 heteroatoms. The number of hydrogen-bond acceptors (Lipinski definition) is 5. The van der Waals surface area contributed by atoms with Gasteiger partial charge >= 0.3 is 0 Å². The van der Waals surface area contributed by atoms with Crippen LogP contribution < -0.4 is 0 Å². The van der Waals surface area contributed by atoms with E-state index in [4.69, 9.17) is 9.47 Å². The lowest BCUT2D eigenvalue weighted by Crippen LogP contribution is -2.19. The zero-order valence-electron chi connectivity index (χ0n) is 10.0. The predicted molar refractivity (Wildman–Crippen MR) is 70.5 cm³/mol. The van der Waals surface area contributed by atoms with E-state index in [9.17, 15) is 10.2 Å². The van der Waals surface area contributed by atoms with Crippen molar-refractivity contribution in [1.29, 1.82) is 0 Å². The Bertz CT molecular complexity index is 379. The van der Waals surface area contributed by atoms with E-state index in [1.165, 1.54) is 0 Å². The molecule has 4 nitrogen and oxygen atoms in total. The molecular weight excluding hydrogens is 252 g/mol. The fourth-order valence-corrected chi connectivity index (χ4v) is 2.22. The molecule has 0 amide bonds. The number of aliphatic hydroxyl groups excluding tert-OH is 2. The molecule has 1 aromatic carbocycles. The molecule has 0 radical (unpaired) electrons. The first-order valence-corrected chi connectivity index (χ1v) is 6.65. The standard InChI is InChI=1S/C13H18O4S/c14-11(4-7-18)12(15)9-2-1-3-10(8-9)13-16-5-6-17-13/h1-3,8,11-15,18H,4-7H2. The summed E-state index contributed by atoms with van der Waals surface area (Å²) in [5, 5.41) is 19.8. The van der Waals surface area contributed by atoms with Crippen molar-refractivity contribution in [2.45, 2.75) is 24.9 Å². The van der Waals surface area contributed by atoms with Gasteiger partial charge in [0.1, 0.15) is 6.10 Å². The lowest BCUT2D eigenvalue weighted by molar-refractivity contribution is -0.0444. The molecule has 0 aliphatic carbocycles. The largest absolute Gasteiger partial charge is 0.390 e. The van der Waals surface area contributed by atoms with Gasteiger partial charge in [0, 0.05) is 5.56 Å². The fourth-order valence-electron chi connectivity index (χ4n) is 1.95. The lowest BCUT2D eigenvalue weighted by atomic mass is 10.0. The van der Waals surface area contributed by atoms with Crippen molar-refractivity contribution < 1.29 is 19.7 Å². The van der Waals surface area contributed by atoms with Gasteiger partial charge in [0.15, 0.2) is 6.29 Å². The van der Waals surface area contributed by atoms with Gasteiger partial charge in [-0.2, -0.15) is 12.6 Å². The quantitative estimate of drug-likeness (QED) is 0.709. The maximum Gasteiger partial charge on any atom is 0.184 e. The van der Waals surface area contributed by atoms with Crippen LogP contribution in [0.4, 0.5) is 0 Å². The van der Waals surface area contributed by atoms with E-state index in [0.717, 1.165) is 5.56 Å². The molecule has 0 aromatic heterocycles. The van der Waals surface area contributed by atoms with Gasteiger partial charge in [-0.25, -0.2) is 0 Å². The Morgan fingerprint density at radius 1 is 1.28 bits per heavy atom. The minimum absolute atomic E-state index is 0.362. The second-order valence-electron chi connectivity index (χ2n) is 4.27. The summed E-state index contributed by atoms with van der Waals surface area (Å²) in [7, 11) is 0. The highest BCUT2D eigenvalue weighted by molar-refractivity contribution is 7.80. The van der Waals surface area contributed by atoms with Crippen molar-refractivity contribution in [3.05, 3.63) is 35.4 Å². The summed E-state index contributed by atoms with van der Waals surface area (Å²) in [4.78, 5) is 0. The van der Waals surface area contributed by atoms with Crippen LogP contribution in [-0.2, 0) is 9.47 Å². The number of thiol groups is 1. The van der Waals surface area contributed by atoms with Gasteiger partial charge in [-0.05, 0) is 23.8 Å². The summed E-state index contributed by atoms with van der Waals surface area (Å²) >= 11 is 4.05. The molecule has 1 aromatic rings. The minimum Gasteiger partial charge on any atom is -0.390 e. The van der Waals surface area contributed by atoms with Gasteiger partial charge in [0.05, 0.1) is 19.3 Å². The zero-order valence-corrected chi connectivity index (χ0v) is 10.9. The highest BCUT2D eigenvalue weighted by Crippen LogP contribution is 2.27. The van der Waals surface area contributed by atoms with Crippen LogP contribution in [0.15, 0.2) is 24.3 Å². The molecule has 0 spiro atoms. The van der Waals surface area contributed by atoms with E-state index < -0.39 is 12.2 Å². The summed E-state index contributed by atoms with van der Waals surface area (Å²) in [5.74, 6) is 0.534. The maximum atomic E-state index is 10.0. The Hall–Kier alpha value is -0.590. The van der Waals surface area contributed by atoms with Crippen LogP contribution >= 0.6 is 12.6 Å². The van der Waals surface area contributed by atoms with Gasteiger partial charge in [-0.15, -0.1) is 0 Å². The van der Waals surface area contributed by atoms with Crippen molar-refractivity contribution in [1.82, 2.24) is 0 Å². The summed E-state index contributed by atoms with van der Waals surface area (Å²) in [6, 6.07) is 7.30. The lowest BCUT2D eigenvalue weighted by Gasteiger charge is -2.19. The molecule has 1 aliphatic rings. The molecule has 1 fully saturated rings. The van der Waals surface area contributed by atoms with Gasteiger partial charge in [-0.3, -0.25) is 0 Å². The molecule has 1 saturated heterocycles. The molecule has 0 bridgehead atoms. The molecule has 2 atom stereocenters.